The highest BCUT2D eigenvalue weighted by Crippen LogP contribution is 2.34. The van der Waals surface area contributed by atoms with Crippen molar-refractivity contribution in [2.24, 2.45) is 5.10 Å². The summed E-state index contributed by atoms with van der Waals surface area (Å²) in [7, 11) is 0. The lowest BCUT2D eigenvalue weighted by molar-refractivity contribution is -0.122. The van der Waals surface area contributed by atoms with Gasteiger partial charge in [0.2, 0.25) is 0 Å². The van der Waals surface area contributed by atoms with Crippen LogP contribution in [-0.4, -0.2) is 31.7 Å². The summed E-state index contributed by atoms with van der Waals surface area (Å²) in [5, 5.41) is 24.1. The molecule has 130 valence electrons. The van der Waals surface area contributed by atoms with Crippen molar-refractivity contribution >= 4 is 52.6 Å². The first kappa shape index (κ1) is 17.9. The monoisotopic (exact) mass is 382 g/mol. The Hall–Kier alpha value is -2.90. The molecule has 2 N–H and O–H groups in total. The van der Waals surface area contributed by atoms with Crippen LogP contribution in [0.15, 0.2) is 64.6 Å². The van der Waals surface area contributed by atoms with Crippen LogP contribution in [0, 0.1) is 0 Å². The molecule has 1 heterocycles. The van der Waals surface area contributed by atoms with E-state index in [4.69, 9.17) is 12.2 Å². The molecule has 1 aliphatic heterocycles. The Bertz CT molecular complexity index is 937. The fraction of sp³-hybridized carbons (Fsp3) is 0. The number of hydrazone groups is 1. The predicted octanol–water partition coefficient (Wildman–Crippen LogP) is 4.00. The maximum Gasteiger partial charge on any atom is 0.286 e. The minimum absolute atomic E-state index is 0.218. The second-order valence-electron chi connectivity index (χ2n) is 5.28. The van der Waals surface area contributed by atoms with Crippen LogP contribution >= 0.6 is 24.0 Å². The summed E-state index contributed by atoms with van der Waals surface area (Å²) in [5.41, 5.74) is 1.60. The van der Waals surface area contributed by atoms with E-state index in [9.17, 15) is 15.0 Å². The summed E-state index contributed by atoms with van der Waals surface area (Å²) in [6.45, 7) is 0. The van der Waals surface area contributed by atoms with E-state index in [0.717, 1.165) is 22.3 Å². The number of carbonyl (C=O) groups excluding carboxylic acids is 1. The zero-order valence-corrected chi connectivity index (χ0v) is 15.1. The quantitative estimate of drug-likeness (QED) is 0.362. The Morgan fingerprint density at radius 3 is 2.54 bits per heavy atom. The number of benzene rings is 2. The van der Waals surface area contributed by atoms with E-state index in [-0.39, 0.29) is 17.4 Å². The van der Waals surface area contributed by atoms with Gasteiger partial charge < -0.3 is 10.2 Å². The van der Waals surface area contributed by atoms with Gasteiger partial charge in [-0.15, -0.1) is 0 Å². The van der Waals surface area contributed by atoms with Crippen molar-refractivity contribution < 1.29 is 15.0 Å². The van der Waals surface area contributed by atoms with Crippen LogP contribution in [0.4, 0.5) is 0 Å². The highest BCUT2D eigenvalue weighted by Gasteiger charge is 2.31. The van der Waals surface area contributed by atoms with Crippen molar-refractivity contribution in [3.63, 3.8) is 0 Å². The van der Waals surface area contributed by atoms with Crippen molar-refractivity contribution in [1.82, 2.24) is 5.01 Å². The number of allylic oxidation sites excluding steroid dienone is 1. The fourth-order valence-electron chi connectivity index (χ4n) is 2.16. The maximum absolute atomic E-state index is 12.4. The first-order chi connectivity index (χ1) is 12.5. The zero-order valence-electron chi connectivity index (χ0n) is 13.4. The predicted molar refractivity (Wildman–Crippen MR) is 109 cm³/mol. The number of thioether (sulfide) groups is 1. The second-order valence-corrected chi connectivity index (χ2v) is 6.95. The smallest absolute Gasteiger partial charge is 0.286 e. The van der Waals surface area contributed by atoms with E-state index in [1.807, 2.05) is 36.4 Å². The van der Waals surface area contributed by atoms with Crippen LogP contribution in [0.1, 0.15) is 11.1 Å². The number of rotatable bonds is 4. The van der Waals surface area contributed by atoms with E-state index in [1.54, 1.807) is 18.2 Å². The minimum Gasteiger partial charge on any atom is -0.504 e. The van der Waals surface area contributed by atoms with Crippen LogP contribution in [0.5, 0.6) is 11.5 Å². The first-order valence-electron chi connectivity index (χ1n) is 7.60. The lowest BCUT2D eigenvalue weighted by Gasteiger charge is -2.05. The number of hydrogen-bond acceptors (Lipinski definition) is 6. The van der Waals surface area contributed by atoms with Gasteiger partial charge in [-0.05, 0) is 47.6 Å². The van der Waals surface area contributed by atoms with Gasteiger partial charge in [-0.1, -0.05) is 54.2 Å². The van der Waals surface area contributed by atoms with Gasteiger partial charge in [0.05, 0.1) is 4.91 Å². The third-order valence-corrected chi connectivity index (χ3v) is 4.71. The molecule has 0 spiro atoms. The summed E-state index contributed by atoms with van der Waals surface area (Å²) in [6, 6.07) is 14.0. The molecule has 0 saturated carbocycles. The Kier molecular flexibility index (Phi) is 5.50. The van der Waals surface area contributed by atoms with E-state index < -0.39 is 0 Å². The number of phenols is 2. The van der Waals surface area contributed by atoms with Crippen LogP contribution < -0.4 is 0 Å². The molecule has 2 aromatic carbocycles. The van der Waals surface area contributed by atoms with Crippen LogP contribution in [0.2, 0.25) is 0 Å². The zero-order chi connectivity index (χ0) is 18.5. The second kappa shape index (κ2) is 7.99. The molecule has 0 atom stereocenters. The lowest BCUT2D eigenvalue weighted by atomic mass is 10.2. The molecule has 7 heteroatoms. The number of hydrogen-bond donors (Lipinski definition) is 2. The van der Waals surface area contributed by atoms with E-state index >= 15 is 0 Å². The van der Waals surface area contributed by atoms with Gasteiger partial charge in [0, 0.05) is 6.21 Å². The van der Waals surface area contributed by atoms with Gasteiger partial charge in [-0.2, -0.15) is 10.1 Å². The van der Waals surface area contributed by atoms with Gasteiger partial charge in [0.25, 0.3) is 5.91 Å². The van der Waals surface area contributed by atoms with Crippen LogP contribution in [0.25, 0.3) is 12.2 Å². The van der Waals surface area contributed by atoms with Crippen LogP contribution in [-0.2, 0) is 4.79 Å². The maximum atomic E-state index is 12.4. The molecule has 1 fully saturated rings. The Morgan fingerprint density at radius 2 is 1.81 bits per heavy atom. The standard InChI is InChI=1S/C19H14N2O3S2/c22-15-9-8-14(11-16(15)23)12-17-18(24)21(19(25)26-17)20-10-4-7-13-5-2-1-3-6-13/h1-12,22-23H/b7-4-,17-12+,20-10+. The first-order valence-corrected chi connectivity index (χ1v) is 8.83. The molecular formula is C19H14N2O3S2. The van der Waals surface area contributed by atoms with Crippen molar-refractivity contribution in [3.8, 4) is 11.5 Å². The third kappa shape index (κ3) is 4.19. The average molecular weight is 382 g/mol. The Balaban J connectivity index is 1.72. The van der Waals surface area contributed by atoms with Gasteiger partial charge in [0.15, 0.2) is 15.8 Å². The number of amides is 1. The molecule has 1 saturated heterocycles. The molecule has 1 amide bonds. The summed E-state index contributed by atoms with van der Waals surface area (Å²) < 4.78 is 0.327. The molecule has 0 radical (unpaired) electrons. The van der Waals surface area contributed by atoms with Crippen molar-refractivity contribution in [3.05, 3.63) is 70.6 Å². The topological polar surface area (TPSA) is 73.1 Å². The minimum atomic E-state index is -0.336. The molecule has 0 aromatic heterocycles. The number of nitrogens with zero attached hydrogens (tertiary/aromatic N) is 2. The largest absolute Gasteiger partial charge is 0.504 e. The van der Waals surface area contributed by atoms with Crippen molar-refractivity contribution in [2.45, 2.75) is 0 Å². The van der Waals surface area contributed by atoms with E-state index in [1.165, 1.54) is 18.3 Å². The molecule has 5 nitrogen and oxygen atoms in total. The van der Waals surface area contributed by atoms with Gasteiger partial charge in [-0.25, -0.2) is 0 Å². The summed E-state index contributed by atoms with van der Waals surface area (Å²) in [4.78, 5) is 12.8. The number of thiocarbonyl (C=S) groups is 1. The third-order valence-electron chi connectivity index (χ3n) is 3.43. The summed E-state index contributed by atoms with van der Waals surface area (Å²) in [6.07, 6.45) is 6.70. The highest BCUT2D eigenvalue weighted by atomic mass is 32.2. The van der Waals surface area contributed by atoms with Gasteiger partial charge in [-0.3, -0.25) is 4.79 Å². The number of carbonyl (C=O) groups is 1. The highest BCUT2D eigenvalue weighted by molar-refractivity contribution is 8.26. The summed E-state index contributed by atoms with van der Waals surface area (Å²) in [5.74, 6) is -0.806. The SMILES string of the molecule is O=C1/C(=C\c2ccc(O)c(O)c2)SC(=S)N1/N=C/C=C\c1ccccc1. The molecular weight excluding hydrogens is 368 g/mol. The molecule has 0 unspecified atom stereocenters. The van der Waals surface area contributed by atoms with Crippen molar-refractivity contribution in [2.75, 3.05) is 0 Å². The Morgan fingerprint density at radius 1 is 1.04 bits per heavy atom. The molecule has 26 heavy (non-hydrogen) atoms. The van der Waals surface area contributed by atoms with Gasteiger partial charge in [0.1, 0.15) is 0 Å². The molecule has 1 aliphatic rings. The molecule has 3 rings (SSSR count). The molecule has 2 aromatic rings. The summed E-state index contributed by atoms with van der Waals surface area (Å²) >= 11 is 6.33. The Labute approximate surface area is 160 Å². The number of aromatic hydroxyl groups is 2. The number of phenolic OH excluding ortho intramolecular Hbond substituents is 2. The van der Waals surface area contributed by atoms with Crippen LogP contribution in [0.3, 0.4) is 0 Å². The lowest BCUT2D eigenvalue weighted by Crippen LogP contribution is -2.21. The normalized spacial score (nSPS) is 16.5. The van der Waals surface area contributed by atoms with Gasteiger partial charge >= 0.3 is 0 Å². The molecule has 0 aliphatic carbocycles. The average Bonchev–Trinajstić information content (AvgIpc) is 2.90. The molecule has 0 bridgehead atoms. The van der Waals surface area contributed by atoms with Crippen molar-refractivity contribution in [1.29, 1.82) is 0 Å². The fourth-order valence-corrected chi connectivity index (χ4v) is 3.34. The van der Waals surface area contributed by atoms with E-state index in [2.05, 4.69) is 5.10 Å². The van der Waals surface area contributed by atoms with E-state index in [0.29, 0.717) is 14.8 Å².